The third kappa shape index (κ3) is 4.89. The minimum absolute atomic E-state index is 0.352. The highest BCUT2D eigenvalue weighted by molar-refractivity contribution is 6.30. The summed E-state index contributed by atoms with van der Waals surface area (Å²) in [6.07, 6.45) is 4.13. The SMILES string of the molecule is CC(Oc1cccc(Cl)c1)C(=O)N/N=C/c1cccnc1. The predicted octanol–water partition coefficient (Wildman–Crippen LogP) is 2.65. The van der Waals surface area contributed by atoms with Gasteiger partial charge in [-0.1, -0.05) is 23.7 Å². The summed E-state index contributed by atoms with van der Waals surface area (Å²) < 4.78 is 5.48. The second-order valence-corrected chi connectivity index (χ2v) is 4.67. The van der Waals surface area contributed by atoms with Crippen molar-refractivity contribution in [2.24, 2.45) is 5.10 Å². The third-order valence-corrected chi connectivity index (χ3v) is 2.79. The summed E-state index contributed by atoms with van der Waals surface area (Å²) in [5, 5.41) is 4.40. The van der Waals surface area contributed by atoms with Gasteiger partial charge in [0.2, 0.25) is 0 Å². The summed E-state index contributed by atoms with van der Waals surface area (Å²) in [5.41, 5.74) is 3.20. The van der Waals surface area contributed by atoms with Gasteiger partial charge in [-0.15, -0.1) is 0 Å². The van der Waals surface area contributed by atoms with Crippen molar-refractivity contribution in [2.75, 3.05) is 0 Å². The van der Waals surface area contributed by atoms with Crippen molar-refractivity contribution in [3.63, 3.8) is 0 Å². The molecule has 0 aliphatic rings. The zero-order chi connectivity index (χ0) is 15.1. The first-order valence-corrected chi connectivity index (χ1v) is 6.68. The molecule has 1 aromatic carbocycles. The first-order chi connectivity index (χ1) is 10.1. The van der Waals surface area contributed by atoms with Gasteiger partial charge in [0.1, 0.15) is 5.75 Å². The number of aromatic nitrogens is 1. The Balaban J connectivity index is 1.87. The number of carbonyl (C=O) groups excluding carboxylic acids is 1. The summed E-state index contributed by atoms with van der Waals surface area (Å²) in [6.45, 7) is 1.63. The Morgan fingerprint density at radius 2 is 2.29 bits per heavy atom. The number of carbonyl (C=O) groups is 1. The van der Waals surface area contributed by atoms with Gasteiger partial charge in [-0.2, -0.15) is 5.10 Å². The minimum Gasteiger partial charge on any atom is -0.481 e. The normalized spacial score (nSPS) is 12.1. The molecule has 2 rings (SSSR count). The molecule has 0 bridgehead atoms. The van der Waals surface area contributed by atoms with E-state index in [1.807, 2.05) is 6.07 Å². The summed E-state index contributed by atoms with van der Waals surface area (Å²) in [7, 11) is 0. The lowest BCUT2D eigenvalue weighted by atomic mass is 10.3. The molecule has 5 nitrogen and oxygen atoms in total. The molecule has 1 unspecified atom stereocenters. The van der Waals surface area contributed by atoms with E-state index < -0.39 is 6.10 Å². The van der Waals surface area contributed by atoms with Crippen molar-refractivity contribution in [2.45, 2.75) is 13.0 Å². The topological polar surface area (TPSA) is 63.6 Å². The number of hydrazone groups is 1. The standard InChI is InChI=1S/C15H14ClN3O2/c1-11(21-14-6-2-5-13(16)8-14)15(20)19-18-10-12-4-3-7-17-9-12/h2-11H,1H3,(H,19,20)/b18-10+. The molecule has 1 aromatic heterocycles. The molecule has 1 heterocycles. The Bertz CT molecular complexity index is 632. The largest absolute Gasteiger partial charge is 0.481 e. The Labute approximate surface area is 127 Å². The highest BCUT2D eigenvalue weighted by Crippen LogP contribution is 2.18. The number of hydrogen-bond donors (Lipinski definition) is 1. The van der Waals surface area contributed by atoms with Gasteiger partial charge in [-0.3, -0.25) is 9.78 Å². The van der Waals surface area contributed by atoms with Crippen LogP contribution in [0, 0.1) is 0 Å². The van der Waals surface area contributed by atoms with Crippen LogP contribution in [0.4, 0.5) is 0 Å². The molecule has 1 atom stereocenters. The number of nitrogens with one attached hydrogen (secondary N) is 1. The van der Waals surface area contributed by atoms with Gasteiger partial charge in [0.25, 0.3) is 5.91 Å². The Morgan fingerprint density at radius 3 is 3.00 bits per heavy atom. The lowest BCUT2D eigenvalue weighted by molar-refractivity contribution is -0.127. The van der Waals surface area contributed by atoms with Gasteiger partial charge in [-0.05, 0) is 31.2 Å². The van der Waals surface area contributed by atoms with Crippen molar-refractivity contribution in [3.05, 3.63) is 59.4 Å². The molecule has 21 heavy (non-hydrogen) atoms. The average Bonchev–Trinajstić information content (AvgIpc) is 2.48. The predicted molar refractivity (Wildman–Crippen MR) is 81.5 cm³/mol. The van der Waals surface area contributed by atoms with Gasteiger partial charge < -0.3 is 4.74 Å². The average molecular weight is 304 g/mol. The van der Waals surface area contributed by atoms with Crippen LogP contribution >= 0.6 is 11.6 Å². The van der Waals surface area contributed by atoms with Crippen LogP contribution in [-0.4, -0.2) is 23.2 Å². The van der Waals surface area contributed by atoms with Crippen LogP contribution in [0.3, 0.4) is 0 Å². The van der Waals surface area contributed by atoms with E-state index in [1.165, 1.54) is 6.21 Å². The number of ether oxygens (including phenoxy) is 1. The molecule has 0 fully saturated rings. The number of hydrogen-bond acceptors (Lipinski definition) is 4. The van der Waals surface area contributed by atoms with Crippen molar-refractivity contribution in [3.8, 4) is 5.75 Å². The molecule has 0 saturated heterocycles. The monoisotopic (exact) mass is 303 g/mol. The summed E-state index contributed by atoms with van der Waals surface area (Å²) >= 11 is 5.85. The van der Waals surface area contributed by atoms with Crippen LogP contribution in [0.2, 0.25) is 5.02 Å². The van der Waals surface area contributed by atoms with E-state index in [2.05, 4.69) is 15.5 Å². The van der Waals surface area contributed by atoms with E-state index in [0.29, 0.717) is 10.8 Å². The van der Waals surface area contributed by atoms with Crippen molar-refractivity contribution in [1.82, 2.24) is 10.4 Å². The second kappa shape index (κ2) is 7.40. The van der Waals surface area contributed by atoms with E-state index in [4.69, 9.17) is 16.3 Å². The number of halogens is 1. The number of rotatable bonds is 5. The minimum atomic E-state index is -0.686. The molecule has 0 aliphatic carbocycles. The quantitative estimate of drug-likeness (QED) is 0.682. The Morgan fingerprint density at radius 1 is 1.43 bits per heavy atom. The molecular weight excluding hydrogens is 290 g/mol. The summed E-state index contributed by atoms with van der Waals surface area (Å²) in [5.74, 6) is 0.177. The van der Waals surface area contributed by atoms with Crippen molar-refractivity contribution >= 4 is 23.7 Å². The summed E-state index contributed by atoms with van der Waals surface area (Å²) in [4.78, 5) is 15.8. The van der Waals surface area contributed by atoms with Crippen molar-refractivity contribution < 1.29 is 9.53 Å². The van der Waals surface area contributed by atoms with Crippen LogP contribution in [-0.2, 0) is 4.79 Å². The highest BCUT2D eigenvalue weighted by Gasteiger charge is 2.13. The fourth-order valence-corrected chi connectivity index (χ4v) is 1.69. The lowest BCUT2D eigenvalue weighted by Crippen LogP contribution is -2.33. The van der Waals surface area contributed by atoms with Gasteiger partial charge in [0.05, 0.1) is 6.21 Å². The molecule has 1 N–H and O–H groups in total. The molecule has 2 aromatic rings. The third-order valence-electron chi connectivity index (χ3n) is 2.55. The van der Waals surface area contributed by atoms with Crippen LogP contribution in [0.5, 0.6) is 5.75 Å². The molecule has 0 aliphatic heterocycles. The van der Waals surface area contributed by atoms with E-state index in [-0.39, 0.29) is 5.91 Å². The second-order valence-electron chi connectivity index (χ2n) is 4.24. The fraction of sp³-hybridized carbons (Fsp3) is 0.133. The Kier molecular flexibility index (Phi) is 5.29. The summed E-state index contributed by atoms with van der Waals surface area (Å²) in [6, 6.07) is 10.5. The lowest BCUT2D eigenvalue weighted by Gasteiger charge is -2.12. The fourth-order valence-electron chi connectivity index (χ4n) is 1.51. The number of nitrogens with zero attached hydrogens (tertiary/aromatic N) is 2. The van der Waals surface area contributed by atoms with E-state index >= 15 is 0 Å². The Hall–Kier alpha value is -2.40. The molecule has 0 radical (unpaired) electrons. The van der Waals surface area contributed by atoms with Crippen LogP contribution in [0.25, 0.3) is 0 Å². The molecular formula is C15H14ClN3O2. The van der Waals surface area contributed by atoms with Gasteiger partial charge in [0, 0.05) is 23.0 Å². The zero-order valence-electron chi connectivity index (χ0n) is 11.4. The van der Waals surface area contributed by atoms with Gasteiger partial charge >= 0.3 is 0 Å². The molecule has 108 valence electrons. The maximum absolute atomic E-state index is 11.8. The zero-order valence-corrected chi connectivity index (χ0v) is 12.1. The van der Waals surface area contributed by atoms with E-state index in [0.717, 1.165) is 5.56 Å². The molecule has 0 saturated carbocycles. The maximum Gasteiger partial charge on any atom is 0.280 e. The number of pyridine rings is 1. The maximum atomic E-state index is 11.8. The number of amides is 1. The van der Waals surface area contributed by atoms with Gasteiger partial charge in [-0.25, -0.2) is 5.43 Å². The molecule has 1 amide bonds. The van der Waals surface area contributed by atoms with E-state index in [1.54, 1.807) is 49.6 Å². The highest BCUT2D eigenvalue weighted by atomic mass is 35.5. The van der Waals surface area contributed by atoms with Crippen LogP contribution in [0.15, 0.2) is 53.9 Å². The smallest absolute Gasteiger partial charge is 0.280 e. The van der Waals surface area contributed by atoms with Crippen molar-refractivity contribution in [1.29, 1.82) is 0 Å². The molecule has 6 heteroatoms. The first kappa shape index (κ1) is 15.0. The van der Waals surface area contributed by atoms with Crippen LogP contribution in [0.1, 0.15) is 12.5 Å². The van der Waals surface area contributed by atoms with Crippen LogP contribution < -0.4 is 10.2 Å². The van der Waals surface area contributed by atoms with E-state index in [9.17, 15) is 4.79 Å². The van der Waals surface area contributed by atoms with Gasteiger partial charge in [0.15, 0.2) is 6.10 Å². The number of benzene rings is 1. The molecule has 0 spiro atoms. The first-order valence-electron chi connectivity index (χ1n) is 6.30.